The lowest BCUT2D eigenvalue weighted by atomic mass is 10.0. The highest BCUT2D eigenvalue weighted by Crippen LogP contribution is 2.27. The lowest BCUT2D eigenvalue weighted by Gasteiger charge is -2.18. The van der Waals surface area contributed by atoms with Crippen LogP contribution in [0.15, 0.2) is 34.9 Å². The van der Waals surface area contributed by atoms with Gasteiger partial charge in [0.25, 0.3) is 5.91 Å². The van der Waals surface area contributed by atoms with Gasteiger partial charge in [0.15, 0.2) is 11.6 Å². The summed E-state index contributed by atoms with van der Waals surface area (Å²) in [7, 11) is 0. The topological polar surface area (TPSA) is 73.6 Å². The molecule has 0 spiro atoms. The molecule has 1 N–H and O–H groups in total. The van der Waals surface area contributed by atoms with E-state index >= 15 is 0 Å². The summed E-state index contributed by atoms with van der Waals surface area (Å²) in [6.07, 6.45) is 8.25. The van der Waals surface area contributed by atoms with Gasteiger partial charge < -0.3 is 19.2 Å². The molecule has 0 unspecified atom stereocenters. The number of carbonyl (C=O) groups excluding carboxylic acids is 1. The van der Waals surface area contributed by atoms with Crippen molar-refractivity contribution in [3.63, 3.8) is 0 Å². The van der Waals surface area contributed by atoms with E-state index in [2.05, 4.69) is 10.3 Å². The highest BCUT2D eigenvalue weighted by Gasteiger charge is 2.22. The van der Waals surface area contributed by atoms with Gasteiger partial charge in [-0.05, 0) is 62.8 Å². The predicted molar refractivity (Wildman–Crippen MR) is 96.6 cm³/mol. The van der Waals surface area contributed by atoms with E-state index in [4.69, 9.17) is 13.9 Å². The Morgan fingerprint density at radius 2 is 1.81 bits per heavy atom. The molecule has 1 aliphatic heterocycles. The fourth-order valence-electron chi connectivity index (χ4n) is 3.53. The van der Waals surface area contributed by atoms with Crippen molar-refractivity contribution in [2.45, 2.75) is 50.5 Å². The van der Waals surface area contributed by atoms with Crippen molar-refractivity contribution in [3.8, 4) is 5.75 Å². The lowest BCUT2D eigenvalue weighted by molar-refractivity contribution is 0.0794. The Balaban J connectivity index is 1.34. The summed E-state index contributed by atoms with van der Waals surface area (Å²) in [5.74, 6) is 1.44. The molecule has 2 heterocycles. The Morgan fingerprint density at radius 3 is 2.54 bits per heavy atom. The van der Waals surface area contributed by atoms with Gasteiger partial charge in [0, 0.05) is 24.8 Å². The van der Waals surface area contributed by atoms with Crippen LogP contribution in [-0.2, 0) is 4.74 Å². The quantitative estimate of drug-likeness (QED) is 0.871. The highest BCUT2D eigenvalue weighted by molar-refractivity contribution is 6.02. The number of ether oxygens (including phenoxy) is 2. The first-order valence-corrected chi connectivity index (χ1v) is 9.39. The number of carbonyl (C=O) groups is 1. The number of nitrogens with one attached hydrogen (secondary N) is 1. The summed E-state index contributed by atoms with van der Waals surface area (Å²) in [6, 6.07) is 7.48. The molecule has 6 heteroatoms. The van der Waals surface area contributed by atoms with Gasteiger partial charge in [0.05, 0.1) is 6.10 Å². The smallest absolute Gasteiger partial charge is 0.277 e. The zero-order valence-corrected chi connectivity index (χ0v) is 14.8. The molecule has 1 saturated carbocycles. The minimum atomic E-state index is -0.267. The van der Waals surface area contributed by atoms with Crippen LogP contribution in [0.1, 0.15) is 60.8 Å². The van der Waals surface area contributed by atoms with E-state index in [1.54, 1.807) is 0 Å². The molecule has 6 nitrogen and oxygen atoms in total. The number of hydrogen-bond donors (Lipinski definition) is 1. The number of anilines is 1. The van der Waals surface area contributed by atoms with Crippen LogP contribution in [0.2, 0.25) is 0 Å². The minimum Gasteiger partial charge on any atom is -0.490 e. The van der Waals surface area contributed by atoms with Crippen molar-refractivity contribution >= 4 is 11.6 Å². The second kappa shape index (κ2) is 7.91. The molecule has 138 valence electrons. The highest BCUT2D eigenvalue weighted by atomic mass is 16.5. The monoisotopic (exact) mass is 356 g/mol. The van der Waals surface area contributed by atoms with Crippen molar-refractivity contribution in [2.75, 3.05) is 18.5 Å². The zero-order chi connectivity index (χ0) is 17.8. The van der Waals surface area contributed by atoms with E-state index in [0.717, 1.165) is 31.4 Å². The molecular weight excluding hydrogens is 332 g/mol. The van der Waals surface area contributed by atoms with Gasteiger partial charge in [-0.2, -0.15) is 0 Å². The van der Waals surface area contributed by atoms with E-state index < -0.39 is 0 Å². The van der Waals surface area contributed by atoms with E-state index in [-0.39, 0.29) is 11.8 Å². The van der Waals surface area contributed by atoms with Gasteiger partial charge in [-0.1, -0.05) is 0 Å². The van der Waals surface area contributed by atoms with Crippen LogP contribution < -0.4 is 10.1 Å². The summed E-state index contributed by atoms with van der Waals surface area (Å²) in [5, 5.41) is 2.85. The van der Waals surface area contributed by atoms with E-state index in [1.165, 1.54) is 19.1 Å². The Kier molecular flexibility index (Phi) is 5.20. The van der Waals surface area contributed by atoms with Crippen LogP contribution in [0.3, 0.4) is 0 Å². The predicted octanol–water partition coefficient (Wildman–Crippen LogP) is 4.14. The Bertz CT molecular complexity index is 729. The van der Waals surface area contributed by atoms with Crippen molar-refractivity contribution in [3.05, 3.63) is 42.1 Å². The number of nitrogens with zero attached hydrogens (tertiary/aromatic N) is 1. The van der Waals surface area contributed by atoms with Crippen molar-refractivity contribution in [1.29, 1.82) is 0 Å². The maximum atomic E-state index is 12.4. The third-order valence-corrected chi connectivity index (χ3v) is 5.04. The lowest BCUT2D eigenvalue weighted by Crippen LogP contribution is -2.15. The molecular formula is C20H24N2O4. The zero-order valence-electron chi connectivity index (χ0n) is 14.8. The second-order valence-electron chi connectivity index (χ2n) is 6.96. The van der Waals surface area contributed by atoms with Crippen LogP contribution in [0.25, 0.3) is 0 Å². The molecule has 2 aliphatic rings. The number of amides is 1. The molecule has 1 aromatic carbocycles. The third kappa shape index (κ3) is 4.07. The number of benzene rings is 1. The van der Waals surface area contributed by atoms with Crippen LogP contribution in [0, 0.1) is 0 Å². The first-order chi connectivity index (χ1) is 12.8. The summed E-state index contributed by atoms with van der Waals surface area (Å²) in [4.78, 5) is 16.7. The van der Waals surface area contributed by atoms with E-state index in [0.29, 0.717) is 36.6 Å². The van der Waals surface area contributed by atoms with Crippen LogP contribution in [0.5, 0.6) is 5.75 Å². The normalized spacial score (nSPS) is 18.8. The number of rotatable bonds is 5. The fraction of sp³-hybridized carbons (Fsp3) is 0.500. The van der Waals surface area contributed by atoms with Gasteiger partial charge in [-0.25, -0.2) is 4.98 Å². The first kappa shape index (κ1) is 17.1. The maximum Gasteiger partial charge on any atom is 0.277 e. The first-order valence-electron chi connectivity index (χ1n) is 9.39. The SMILES string of the molecule is O=C(Nc1ccc(OC2CCCC2)cc1)c1coc(C2CCOCC2)n1. The molecule has 26 heavy (non-hydrogen) atoms. The Labute approximate surface area is 152 Å². The average Bonchev–Trinajstić information content (AvgIpc) is 3.36. The van der Waals surface area contributed by atoms with Crippen LogP contribution >= 0.6 is 0 Å². The standard InChI is InChI=1S/C20H24N2O4/c23-19(18-13-25-20(22-18)14-9-11-24-12-10-14)21-15-5-7-17(8-6-15)26-16-3-1-2-4-16/h5-8,13-14,16H,1-4,9-12H2,(H,21,23). The van der Waals surface area contributed by atoms with Gasteiger partial charge in [0.2, 0.25) is 0 Å². The van der Waals surface area contributed by atoms with Crippen LogP contribution in [0.4, 0.5) is 5.69 Å². The molecule has 0 bridgehead atoms. The molecule has 1 aliphatic carbocycles. The Hall–Kier alpha value is -2.34. The van der Waals surface area contributed by atoms with E-state index in [9.17, 15) is 4.79 Å². The van der Waals surface area contributed by atoms with Gasteiger partial charge >= 0.3 is 0 Å². The van der Waals surface area contributed by atoms with Crippen molar-refractivity contribution in [1.82, 2.24) is 4.98 Å². The molecule has 1 aromatic heterocycles. The number of hydrogen-bond acceptors (Lipinski definition) is 5. The molecule has 0 radical (unpaired) electrons. The Morgan fingerprint density at radius 1 is 1.08 bits per heavy atom. The molecule has 1 amide bonds. The maximum absolute atomic E-state index is 12.4. The summed E-state index contributed by atoms with van der Waals surface area (Å²) < 4.78 is 16.8. The summed E-state index contributed by atoms with van der Waals surface area (Å²) >= 11 is 0. The van der Waals surface area contributed by atoms with Gasteiger partial charge in [-0.15, -0.1) is 0 Å². The fourth-order valence-corrected chi connectivity index (χ4v) is 3.53. The van der Waals surface area contributed by atoms with Crippen LogP contribution in [-0.4, -0.2) is 30.2 Å². The third-order valence-electron chi connectivity index (χ3n) is 5.04. The molecule has 2 fully saturated rings. The van der Waals surface area contributed by atoms with Gasteiger partial charge in [0.1, 0.15) is 12.0 Å². The average molecular weight is 356 g/mol. The molecule has 4 rings (SSSR count). The minimum absolute atomic E-state index is 0.234. The molecule has 1 saturated heterocycles. The van der Waals surface area contributed by atoms with Crippen molar-refractivity contribution < 1.29 is 18.7 Å². The molecule has 2 aromatic rings. The second-order valence-corrected chi connectivity index (χ2v) is 6.96. The number of oxazole rings is 1. The molecule has 0 atom stereocenters. The largest absolute Gasteiger partial charge is 0.490 e. The summed E-state index contributed by atoms with van der Waals surface area (Å²) in [6.45, 7) is 1.42. The summed E-state index contributed by atoms with van der Waals surface area (Å²) in [5.41, 5.74) is 1.02. The van der Waals surface area contributed by atoms with Gasteiger partial charge in [-0.3, -0.25) is 4.79 Å². The number of aromatic nitrogens is 1. The van der Waals surface area contributed by atoms with Crippen molar-refractivity contribution in [2.24, 2.45) is 0 Å². The van der Waals surface area contributed by atoms with E-state index in [1.807, 2.05) is 24.3 Å².